The van der Waals surface area contributed by atoms with E-state index in [-0.39, 0.29) is 29.7 Å². The number of benzene rings is 1. The van der Waals surface area contributed by atoms with Gasteiger partial charge in [-0.2, -0.15) is 5.26 Å². The van der Waals surface area contributed by atoms with Crippen LogP contribution in [0, 0.1) is 11.3 Å². The van der Waals surface area contributed by atoms with E-state index in [9.17, 15) is 10.1 Å². The number of ether oxygens (including phenoxy) is 2. The van der Waals surface area contributed by atoms with Crippen LogP contribution in [0.1, 0.15) is 57.1 Å². The third-order valence-electron chi connectivity index (χ3n) is 6.99. The second-order valence-corrected chi connectivity index (χ2v) is 8.81. The van der Waals surface area contributed by atoms with E-state index in [1.807, 2.05) is 0 Å². The largest absolute Gasteiger partial charge is 0.420 e. The molecule has 0 bridgehead atoms. The Hall–Kier alpha value is -1.85. The van der Waals surface area contributed by atoms with Crippen molar-refractivity contribution < 1.29 is 13.9 Å². The van der Waals surface area contributed by atoms with Crippen molar-refractivity contribution >= 4 is 23.5 Å². The molecule has 0 atom stereocenters. The first-order valence-electron chi connectivity index (χ1n) is 10.9. The Kier molecular flexibility index (Phi) is 7.82. The van der Waals surface area contributed by atoms with E-state index < -0.39 is 0 Å². The van der Waals surface area contributed by atoms with Gasteiger partial charge in [0.25, 0.3) is 0 Å². The molecule has 31 heavy (non-hydrogen) atoms. The van der Waals surface area contributed by atoms with Crippen molar-refractivity contribution in [1.29, 1.82) is 5.26 Å². The van der Waals surface area contributed by atoms with Crippen LogP contribution in [0.4, 0.5) is 0 Å². The maximum Gasteiger partial charge on any atom is 0.420 e. The molecule has 1 saturated heterocycles. The number of aromatic nitrogens is 1. The van der Waals surface area contributed by atoms with Gasteiger partial charge in [0.1, 0.15) is 0 Å². The predicted octanol–water partition coefficient (Wildman–Crippen LogP) is 3.89. The first-order chi connectivity index (χ1) is 14.5. The van der Waals surface area contributed by atoms with Crippen molar-refractivity contribution in [2.24, 2.45) is 0 Å². The molecule has 0 spiro atoms. The first kappa shape index (κ1) is 23.8. The summed E-state index contributed by atoms with van der Waals surface area (Å²) in [6.07, 6.45) is 6.61. The van der Waals surface area contributed by atoms with Gasteiger partial charge in [-0.3, -0.25) is 9.47 Å². The minimum atomic E-state index is -0.321. The Bertz CT molecular complexity index is 963. The molecule has 1 aromatic heterocycles. The normalized spacial score (nSPS) is 25.3. The van der Waals surface area contributed by atoms with Crippen LogP contribution < -0.4 is 5.76 Å². The highest BCUT2D eigenvalue weighted by Crippen LogP contribution is 2.38. The molecule has 170 valence electrons. The maximum atomic E-state index is 12.5. The van der Waals surface area contributed by atoms with Gasteiger partial charge in [-0.05, 0) is 63.6 Å². The van der Waals surface area contributed by atoms with Crippen LogP contribution in [0.5, 0.6) is 0 Å². The van der Waals surface area contributed by atoms with Crippen LogP contribution in [0.2, 0.25) is 0 Å². The Morgan fingerprint density at radius 3 is 2.55 bits per heavy atom. The van der Waals surface area contributed by atoms with Gasteiger partial charge in [-0.1, -0.05) is 0 Å². The van der Waals surface area contributed by atoms with Gasteiger partial charge < -0.3 is 13.9 Å². The van der Waals surface area contributed by atoms with Crippen LogP contribution in [-0.4, -0.2) is 54.5 Å². The van der Waals surface area contributed by atoms with E-state index in [2.05, 4.69) is 17.9 Å². The summed E-state index contributed by atoms with van der Waals surface area (Å²) in [4.78, 5) is 15.1. The Morgan fingerprint density at radius 1 is 1.19 bits per heavy atom. The van der Waals surface area contributed by atoms with E-state index in [0.29, 0.717) is 30.5 Å². The molecule has 1 aliphatic heterocycles. The molecule has 1 aliphatic carbocycles. The molecule has 2 fully saturated rings. The topological polar surface area (TPSA) is 80.6 Å². The molecular formula is C23H32ClN3O4. The number of nitrogens with zero attached hydrogens (tertiary/aromatic N) is 3. The highest BCUT2D eigenvalue weighted by Gasteiger charge is 2.38. The van der Waals surface area contributed by atoms with Crippen LogP contribution in [0.25, 0.3) is 11.1 Å². The van der Waals surface area contributed by atoms with E-state index in [1.165, 1.54) is 0 Å². The lowest BCUT2D eigenvalue weighted by Crippen LogP contribution is -2.53. The molecule has 2 heterocycles. The molecule has 8 heteroatoms. The summed E-state index contributed by atoms with van der Waals surface area (Å²) in [5.41, 5.74) is 2.04. The summed E-state index contributed by atoms with van der Waals surface area (Å²) in [5, 5.41) is 9.20. The van der Waals surface area contributed by atoms with E-state index in [0.717, 1.165) is 57.1 Å². The molecule has 0 amide bonds. The lowest BCUT2D eigenvalue weighted by atomic mass is 9.79. The zero-order chi connectivity index (χ0) is 21.1. The quantitative estimate of drug-likeness (QED) is 0.622. The number of nitriles is 1. The van der Waals surface area contributed by atoms with E-state index >= 15 is 0 Å². The standard InChI is InChI=1S/C23H31N3O4.ClH/c1-23(9-5-19(6-10-23)29-14-13-28-2)25-11-7-18(8-12-25)26-20-15-17(16-24)3-4-21(20)30-22(26)27;/h3-4,15,18-19H,5-14H2,1-2H3;1H/t19-,23-;. The zero-order valence-corrected chi connectivity index (χ0v) is 19.2. The molecule has 0 radical (unpaired) electrons. The van der Waals surface area contributed by atoms with E-state index in [4.69, 9.17) is 13.9 Å². The number of methoxy groups -OCH3 is 1. The average molecular weight is 450 g/mol. The van der Waals surface area contributed by atoms with Gasteiger partial charge >= 0.3 is 5.76 Å². The second-order valence-electron chi connectivity index (χ2n) is 8.81. The summed E-state index contributed by atoms with van der Waals surface area (Å²) in [6, 6.07) is 7.43. The summed E-state index contributed by atoms with van der Waals surface area (Å²) in [6.45, 7) is 5.63. The van der Waals surface area contributed by atoms with Crippen molar-refractivity contribution in [3.63, 3.8) is 0 Å². The predicted molar refractivity (Wildman–Crippen MR) is 121 cm³/mol. The monoisotopic (exact) mass is 449 g/mol. The fourth-order valence-electron chi connectivity index (χ4n) is 5.11. The summed E-state index contributed by atoms with van der Waals surface area (Å²) in [5.74, 6) is -0.321. The molecule has 7 nitrogen and oxygen atoms in total. The summed E-state index contributed by atoms with van der Waals surface area (Å²) >= 11 is 0. The van der Waals surface area contributed by atoms with Gasteiger partial charge in [-0.15, -0.1) is 12.4 Å². The number of rotatable bonds is 6. The number of hydrogen-bond acceptors (Lipinski definition) is 6. The number of hydrogen-bond donors (Lipinski definition) is 0. The van der Waals surface area contributed by atoms with Crippen molar-refractivity contribution in [2.45, 2.75) is 63.1 Å². The van der Waals surface area contributed by atoms with Crippen molar-refractivity contribution in [2.75, 3.05) is 33.4 Å². The van der Waals surface area contributed by atoms with Crippen LogP contribution in [-0.2, 0) is 9.47 Å². The number of halogens is 1. The van der Waals surface area contributed by atoms with Crippen molar-refractivity contribution in [3.05, 3.63) is 34.3 Å². The zero-order valence-electron chi connectivity index (χ0n) is 18.3. The number of likely N-dealkylation sites (tertiary alicyclic amines) is 1. The lowest BCUT2D eigenvalue weighted by Gasteiger charge is -2.48. The van der Waals surface area contributed by atoms with Gasteiger partial charge in [0.15, 0.2) is 5.58 Å². The molecule has 4 rings (SSSR count). The number of fused-ring (bicyclic) bond motifs is 1. The SMILES string of the molecule is COCCO[C@H]1CC[C@](C)(N2CCC(n3c(=O)oc4ccc(C#N)cc43)CC2)CC1.Cl. The highest BCUT2D eigenvalue weighted by atomic mass is 35.5. The fourth-order valence-corrected chi connectivity index (χ4v) is 5.11. The lowest BCUT2D eigenvalue weighted by molar-refractivity contribution is -0.0419. The Balaban J connectivity index is 0.00000272. The van der Waals surface area contributed by atoms with Gasteiger partial charge in [-0.25, -0.2) is 4.79 Å². The molecular weight excluding hydrogens is 418 g/mol. The average Bonchev–Trinajstić information content (AvgIpc) is 3.10. The third-order valence-corrected chi connectivity index (χ3v) is 6.99. The summed E-state index contributed by atoms with van der Waals surface area (Å²) in [7, 11) is 1.70. The Labute approximate surface area is 189 Å². The minimum Gasteiger partial charge on any atom is -0.408 e. The van der Waals surface area contributed by atoms with Gasteiger partial charge in [0.2, 0.25) is 0 Å². The van der Waals surface area contributed by atoms with Crippen molar-refractivity contribution in [3.8, 4) is 6.07 Å². The van der Waals surface area contributed by atoms with Crippen molar-refractivity contribution in [1.82, 2.24) is 9.47 Å². The second kappa shape index (κ2) is 10.2. The van der Waals surface area contributed by atoms with Crippen LogP contribution in [0.3, 0.4) is 0 Å². The smallest absolute Gasteiger partial charge is 0.408 e. The highest BCUT2D eigenvalue weighted by molar-refractivity contribution is 5.85. The number of oxazole rings is 1. The Morgan fingerprint density at radius 2 is 1.90 bits per heavy atom. The molecule has 1 saturated carbocycles. The van der Waals surface area contributed by atoms with Crippen LogP contribution >= 0.6 is 12.4 Å². The minimum absolute atomic E-state index is 0. The maximum absolute atomic E-state index is 12.5. The molecule has 2 aliphatic rings. The van der Waals surface area contributed by atoms with Gasteiger partial charge in [0.05, 0.1) is 36.5 Å². The molecule has 0 unspecified atom stereocenters. The van der Waals surface area contributed by atoms with E-state index in [1.54, 1.807) is 29.9 Å². The third kappa shape index (κ3) is 4.98. The first-order valence-corrected chi connectivity index (χ1v) is 10.9. The molecule has 1 aromatic carbocycles. The molecule has 2 aromatic rings. The molecule has 0 N–H and O–H groups in total. The number of piperidine rings is 1. The summed E-state index contributed by atoms with van der Waals surface area (Å²) < 4.78 is 18.2. The van der Waals surface area contributed by atoms with Crippen LogP contribution in [0.15, 0.2) is 27.4 Å². The fraction of sp³-hybridized carbons (Fsp3) is 0.652. The van der Waals surface area contributed by atoms with Gasteiger partial charge in [0, 0.05) is 31.8 Å².